The number of hydrogen-bond donors (Lipinski definition) is 1. The van der Waals surface area contributed by atoms with Gasteiger partial charge in [0.05, 0.1) is 7.11 Å². The van der Waals surface area contributed by atoms with Crippen molar-refractivity contribution in [3.63, 3.8) is 0 Å². The predicted molar refractivity (Wildman–Crippen MR) is 65.2 cm³/mol. The zero-order valence-electron chi connectivity index (χ0n) is 10.8. The molecule has 0 unspecified atom stereocenters. The average Bonchev–Trinajstić information content (AvgIpc) is 2.98. The monoisotopic (exact) mass is 266 g/mol. The van der Waals surface area contributed by atoms with Gasteiger partial charge in [0.2, 0.25) is 11.5 Å². The Morgan fingerprint density at radius 1 is 1.00 bits per heavy atom. The zero-order valence-corrected chi connectivity index (χ0v) is 10.8. The predicted octanol–water partition coefficient (Wildman–Crippen LogP) is 2.66. The van der Waals surface area contributed by atoms with Crippen LogP contribution in [0.3, 0.4) is 0 Å². The Labute approximate surface area is 109 Å². The fourth-order valence-corrected chi connectivity index (χ4v) is 1.19. The standard InChI is InChI=1S/C7H8O3.C6H6O3/c1-5-3-4-6(10-5)7(8)9-2;1-4-2-3-5(9-4)6(7)8/h3-4H,1-2H3;2-3H,1H3,(H,7,8). The number of carbonyl (C=O) groups excluding carboxylic acids is 1. The van der Waals surface area contributed by atoms with Gasteiger partial charge in [-0.05, 0) is 38.1 Å². The molecule has 2 rings (SSSR count). The van der Waals surface area contributed by atoms with Crippen LogP contribution in [0, 0.1) is 13.8 Å². The number of ether oxygens (including phenoxy) is 1. The topological polar surface area (TPSA) is 89.9 Å². The van der Waals surface area contributed by atoms with Crippen LogP contribution in [0.25, 0.3) is 0 Å². The lowest BCUT2D eigenvalue weighted by Crippen LogP contribution is -1.97. The number of aromatic carboxylic acids is 1. The molecule has 1 N–H and O–H groups in total. The number of rotatable bonds is 2. The molecule has 0 aliphatic rings. The summed E-state index contributed by atoms with van der Waals surface area (Å²) in [4.78, 5) is 20.8. The first-order valence-electron chi connectivity index (χ1n) is 5.38. The molecule has 2 aromatic heterocycles. The van der Waals surface area contributed by atoms with Gasteiger partial charge in [-0.25, -0.2) is 9.59 Å². The van der Waals surface area contributed by atoms with Gasteiger partial charge in [-0.1, -0.05) is 0 Å². The van der Waals surface area contributed by atoms with Gasteiger partial charge in [-0.15, -0.1) is 0 Å². The third kappa shape index (κ3) is 4.34. The number of carbonyl (C=O) groups is 2. The lowest BCUT2D eigenvalue weighted by atomic mass is 10.4. The number of aryl methyl sites for hydroxylation is 2. The van der Waals surface area contributed by atoms with Gasteiger partial charge in [-0.2, -0.15) is 0 Å². The van der Waals surface area contributed by atoms with Crippen molar-refractivity contribution >= 4 is 11.9 Å². The first-order chi connectivity index (χ1) is 8.93. The molecule has 0 amide bonds. The number of methoxy groups -OCH3 is 1. The molecule has 0 fully saturated rings. The van der Waals surface area contributed by atoms with E-state index in [1.54, 1.807) is 32.0 Å². The van der Waals surface area contributed by atoms with Gasteiger partial charge in [0, 0.05) is 0 Å². The van der Waals surface area contributed by atoms with Crippen LogP contribution < -0.4 is 0 Å². The van der Waals surface area contributed by atoms with Crippen molar-refractivity contribution in [2.45, 2.75) is 13.8 Å². The third-order valence-electron chi connectivity index (χ3n) is 2.08. The molecule has 0 aliphatic heterocycles. The first-order valence-corrected chi connectivity index (χ1v) is 5.38. The molecule has 0 aromatic carbocycles. The molecule has 0 bridgehead atoms. The van der Waals surface area contributed by atoms with Crippen molar-refractivity contribution in [1.82, 2.24) is 0 Å². The Morgan fingerprint density at radius 2 is 1.47 bits per heavy atom. The van der Waals surface area contributed by atoms with Gasteiger partial charge in [0.25, 0.3) is 0 Å². The maximum absolute atomic E-state index is 10.7. The molecular formula is C13H14O6. The highest BCUT2D eigenvalue weighted by molar-refractivity contribution is 5.86. The fraction of sp³-hybridized carbons (Fsp3) is 0.231. The van der Waals surface area contributed by atoms with Gasteiger partial charge in [0.15, 0.2) is 0 Å². The number of furan rings is 2. The van der Waals surface area contributed by atoms with E-state index >= 15 is 0 Å². The second kappa shape index (κ2) is 6.44. The van der Waals surface area contributed by atoms with Crippen LogP contribution in [0.1, 0.15) is 32.6 Å². The first kappa shape index (κ1) is 14.6. The van der Waals surface area contributed by atoms with Gasteiger partial charge in [0.1, 0.15) is 11.5 Å². The molecule has 0 aliphatic carbocycles. The molecule has 2 aromatic rings. The highest BCUT2D eigenvalue weighted by Crippen LogP contribution is 2.06. The Morgan fingerprint density at radius 3 is 1.74 bits per heavy atom. The lowest BCUT2D eigenvalue weighted by molar-refractivity contribution is 0.0563. The average molecular weight is 266 g/mol. The number of carboxylic acids is 1. The number of esters is 1. The molecule has 0 spiro atoms. The van der Waals surface area contributed by atoms with Gasteiger partial charge < -0.3 is 18.7 Å². The zero-order chi connectivity index (χ0) is 14.4. The van der Waals surface area contributed by atoms with Gasteiger partial charge >= 0.3 is 11.9 Å². The maximum atomic E-state index is 10.7. The second-order valence-electron chi connectivity index (χ2n) is 3.62. The Kier molecular flexibility index (Phi) is 4.93. The van der Waals surface area contributed by atoms with E-state index in [-0.39, 0.29) is 11.5 Å². The molecule has 0 radical (unpaired) electrons. The van der Waals surface area contributed by atoms with Crippen molar-refractivity contribution in [3.05, 3.63) is 47.3 Å². The molecular weight excluding hydrogens is 252 g/mol. The van der Waals surface area contributed by atoms with Crippen LogP contribution in [0.2, 0.25) is 0 Å². The van der Waals surface area contributed by atoms with Crippen molar-refractivity contribution < 1.29 is 28.3 Å². The van der Waals surface area contributed by atoms with Crippen molar-refractivity contribution in [2.75, 3.05) is 7.11 Å². The van der Waals surface area contributed by atoms with E-state index in [2.05, 4.69) is 4.74 Å². The molecule has 6 nitrogen and oxygen atoms in total. The fourth-order valence-electron chi connectivity index (χ4n) is 1.19. The van der Waals surface area contributed by atoms with Crippen molar-refractivity contribution in [1.29, 1.82) is 0 Å². The SMILES string of the molecule is COC(=O)c1ccc(C)o1.Cc1ccc(C(=O)O)o1. The minimum absolute atomic E-state index is 0.00694. The molecule has 19 heavy (non-hydrogen) atoms. The summed E-state index contributed by atoms with van der Waals surface area (Å²) in [6.45, 7) is 3.47. The van der Waals surface area contributed by atoms with E-state index in [1.165, 1.54) is 13.2 Å². The Hall–Kier alpha value is -2.50. The Balaban J connectivity index is 0.000000191. The summed E-state index contributed by atoms with van der Waals surface area (Å²) in [5.41, 5.74) is 0. The van der Waals surface area contributed by atoms with Crippen molar-refractivity contribution in [3.8, 4) is 0 Å². The normalized spacial score (nSPS) is 9.42. The highest BCUT2D eigenvalue weighted by Gasteiger charge is 2.08. The van der Waals surface area contributed by atoms with Gasteiger partial charge in [-0.3, -0.25) is 0 Å². The van der Waals surface area contributed by atoms with Crippen LogP contribution in [-0.4, -0.2) is 24.2 Å². The van der Waals surface area contributed by atoms with E-state index < -0.39 is 11.9 Å². The van der Waals surface area contributed by atoms with Crippen LogP contribution in [-0.2, 0) is 4.74 Å². The number of hydrogen-bond acceptors (Lipinski definition) is 5. The summed E-state index contributed by atoms with van der Waals surface area (Å²) < 4.78 is 14.1. The Bertz CT molecular complexity index is 563. The lowest BCUT2D eigenvalue weighted by Gasteiger charge is -1.90. The van der Waals surface area contributed by atoms with E-state index in [1.807, 2.05) is 0 Å². The van der Waals surface area contributed by atoms with Crippen molar-refractivity contribution in [2.24, 2.45) is 0 Å². The van der Waals surface area contributed by atoms with Crippen LogP contribution >= 0.6 is 0 Å². The third-order valence-corrected chi connectivity index (χ3v) is 2.08. The minimum atomic E-state index is -1.02. The van der Waals surface area contributed by atoms with Crippen LogP contribution in [0.5, 0.6) is 0 Å². The molecule has 0 atom stereocenters. The summed E-state index contributed by atoms with van der Waals surface area (Å²) in [5, 5.41) is 8.30. The second-order valence-corrected chi connectivity index (χ2v) is 3.62. The highest BCUT2D eigenvalue weighted by atomic mass is 16.5. The van der Waals surface area contributed by atoms with E-state index in [0.717, 1.165) is 0 Å². The summed E-state index contributed by atoms with van der Waals surface area (Å²) in [6, 6.07) is 6.34. The molecule has 102 valence electrons. The summed E-state index contributed by atoms with van der Waals surface area (Å²) in [7, 11) is 1.32. The maximum Gasteiger partial charge on any atom is 0.373 e. The summed E-state index contributed by atoms with van der Waals surface area (Å²) in [5.74, 6) is 0.108. The van der Waals surface area contributed by atoms with Crippen LogP contribution in [0.4, 0.5) is 0 Å². The largest absolute Gasteiger partial charge is 0.475 e. The molecule has 6 heteroatoms. The van der Waals surface area contributed by atoms with Crippen LogP contribution in [0.15, 0.2) is 33.1 Å². The smallest absolute Gasteiger partial charge is 0.373 e. The molecule has 0 saturated heterocycles. The van der Waals surface area contributed by atoms with E-state index in [0.29, 0.717) is 11.5 Å². The molecule has 2 heterocycles. The number of carboxylic acid groups (broad SMARTS) is 1. The van der Waals surface area contributed by atoms with E-state index in [9.17, 15) is 9.59 Å². The minimum Gasteiger partial charge on any atom is -0.475 e. The summed E-state index contributed by atoms with van der Waals surface area (Å²) >= 11 is 0. The quantitative estimate of drug-likeness (QED) is 0.840. The summed E-state index contributed by atoms with van der Waals surface area (Å²) in [6.07, 6.45) is 0. The molecule has 0 saturated carbocycles. The van der Waals surface area contributed by atoms with E-state index in [4.69, 9.17) is 13.9 Å².